The predicted molar refractivity (Wildman–Crippen MR) is 90.9 cm³/mol. The van der Waals surface area contributed by atoms with Gasteiger partial charge in [-0.05, 0) is 61.9 Å². The highest BCUT2D eigenvalue weighted by Crippen LogP contribution is 2.24. The number of hydrogen-bond donors (Lipinski definition) is 0. The Morgan fingerprint density at radius 3 is 2.55 bits per heavy atom. The van der Waals surface area contributed by atoms with Crippen LogP contribution in [0.25, 0.3) is 6.08 Å². The minimum absolute atomic E-state index is 0.304. The first-order valence-electron chi connectivity index (χ1n) is 6.97. The second-order valence-electron chi connectivity index (χ2n) is 4.68. The summed E-state index contributed by atoms with van der Waals surface area (Å²) < 4.78 is 11.8. The Balaban J connectivity index is 2.14. The fraction of sp³-hybridized carbons (Fsp3) is 0.167. The molecule has 0 saturated heterocycles. The van der Waals surface area contributed by atoms with Gasteiger partial charge in [0.05, 0.1) is 6.61 Å². The molecule has 0 aromatic heterocycles. The van der Waals surface area contributed by atoms with Crippen molar-refractivity contribution in [3.05, 3.63) is 64.1 Å². The highest BCUT2D eigenvalue weighted by atomic mass is 79.9. The SMILES string of the molecule is CCOC(=O)/C(C)=C/c1cccc(Oc2ccc(Br)cc2)c1. The van der Waals surface area contributed by atoms with E-state index in [1.54, 1.807) is 19.9 Å². The molecule has 0 fully saturated rings. The first-order valence-corrected chi connectivity index (χ1v) is 7.76. The van der Waals surface area contributed by atoms with Crippen LogP contribution >= 0.6 is 15.9 Å². The van der Waals surface area contributed by atoms with E-state index >= 15 is 0 Å². The van der Waals surface area contributed by atoms with Crippen LogP contribution in [0.2, 0.25) is 0 Å². The van der Waals surface area contributed by atoms with Crippen molar-refractivity contribution >= 4 is 28.0 Å². The van der Waals surface area contributed by atoms with E-state index in [2.05, 4.69) is 15.9 Å². The van der Waals surface area contributed by atoms with E-state index in [0.29, 0.717) is 17.9 Å². The zero-order chi connectivity index (χ0) is 15.9. The molecular formula is C18H17BrO3. The molecule has 0 spiro atoms. The third kappa shape index (κ3) is 4.74. The summed E-state index contributed by atoms with van der Waals surface area (Å²) in [6, 6.07) is 15.2. The van der Waals surface area contributed by atoms with Gasteiger partial charge in [-0.25, -0.2) is 4.79 Å². The number of hydrogen-bond acceptors (Lipinski definition) is 3. The van der Waals surface area contributed by atoms with Crippen molar-refractivity contribution in [2.24, 2.45) is 0 Å². The maximum Gasteiger partial charge on any atom is 0.333 e. The summed E-state index contributed by atoms with van der Waals surface area (Å²) in [6.45, 7) is 3.90. The van der Waals surface area contributed by atoms with E-state index in [0.717, 1.165) is 15.8 Å². The third-order valence-electron chi connectivity index (χ3n) is 2.89. The molecule has 0 aliphatic rings. The van der Waals surface area contributed by atoms with Crippen LogP contribution in [0, 0.1) is 0 Å². The topological polar surface area (TPSA) is 35.5 Å². The Morgan fingerprint density at radius 2 is 1.86 bits per heavy atom. The molecule has 4 heteroatoms. The maximum absolute atomic E-state index is 11.6. The van der Waals surface area contributed by atoms with Crippen LogP contribution in [0.3, 0.4) is 0 Å². The van der Waals surface area contributed by atoms with E-state index in [4.69, 9.17) is 9.47 Å². The van der Waals surface area contributed by atoms with Crippen LogP contribution < -0.4 is 4.74 Å². The molecule has 2 rings (SSSR count). The van der Waals surface area contributed by atoms with E-state index in [1.165, 1.54) is 0 Å². The zero-order valence-electron chi connectivity index (χ0n) is 12.5. The molecule has 22 heavy (non-hydrogen) atoms. The third-order valence-corrected chi connectivity index (χ3v) is 3.42. The monoisotopic (exact) mass is 360 g/mol. The van der Waals surface area contributed by atoms with Gasteiger partial charge in [0.15, 0.2) is 0 Å². The molecule has 3 nitrogen and oxygen atoms in total. The van der Waals surface area contributed by atoms with Gasteiger partial charge in [-0.1, -0.05) is 28.1 Å². The van der Waals surface area contributed by atoms with Crippen molar-refractivity contribution in [2.75, 3.05) is 6.61 Å². The smallest absolute Gasteiger partial charge is 0.333 e. The summed E-state index contributed by atoms with van der Waals surface area (Å²) in [5, 5.41) is 0. The number of ether oxygens (including phenoxy) is 2. The fourth-order valence-corrected chi connectivity index (χ4v) is 2.12. The van der Waals surface area contributed by atoms with Crippen molar-refractivity contribution in [3.8, 4) is 11.5 Å². The van der Waals surface area contributed by atoms with Crippen LogP contribution in [0.4, 0.5) is 0 Å². The van der Waals surface area contributed by atoms with Gasteiger partial charge in [-0.2, -0.15) is 0 Å². The molecule has 0 atom stereocenters. The molecule has 0 aliphatic carbocycles. The van der Waals surface area contributed by atoms with E-state index in [1.807, 2.05) is 48.5 Å². The Kier molecular flexibility index (Phi) is 5.78. The summed E-state index contributed by atoms with van der Waals surface area (Å²) in [5.41, 5.74) is 1.45. The first-order chi connectivity index (χ1) is 10.6. The van der Waals surface area contributed by atoms with Gasteiger partial charge < -0.3 is 9.47 Å². The van der Waals surface area contributed by atoms with Crippen molar-refractivity contribution in [1.29, 1.82) is 0 Å². The van der Waals surface area contributed by atoms with Gasteiger partial charge in [0, 0.05) is 10.0 Å². The van der Waals surface area contributed by atoms with Crippen molar-refractivity contribution < 1.29 is 14.3 Å². The van der Waals surface area contributed by atoms with Gasteiger partial charge in [0.25, 0.3) is 0 Å². The lowest BCUT2D eigenvalue weighted by molar-refractivity contribution is -0.138. The van der Waals surface area contributed by atoms with Crippen LogP contribution in [-0.2, 0) is 9.53 Å². The highest BCUT2D eigenvalue weighted by Gasteiger charge is 2.05. The Morgan fingerprint density at radius 1 is 1.14 bits per heavy atom. The first kappa shape index (κ1) is 16.3. The number of esters is 1. The lowest BCUT2D eigenvalue weighted by Gasteiger charge is -2.07. The van der Waals surface area contributed by atoms with E-state index in [-0.39, 0.29) is 5.97 Å². The highest BCUT2D eigenvalue weighted by molar-refractivity contribution is 9.10. The van der Waals surface area contributed by atoms with Crippen molar-refractivity contribution in [3.63, 3.8) is 0 Å². The Hall–Kier alpha value is -2.07. The van der Waals surface area contributed by atoms with Gasteiger partial charge >= 0.3 is 5.97 Å². The average molecular weight is 361 g/mol. The minimum Gasteiger partial charge on any atom is -0.463 e. The summed E-state index contributed by atoms with van der Waals surface area (Å²) in [7, 11) is 0. The molecule has 2 aromatic carbocycles. The molecule has 0 heterocycles. The molecule has 0 aliphatic heterocycles. The molecule has 0 bridgehead atoms. The van der Waals surface area contributed by atoms with Crippen LogP contribution in [-0.4, -0.2) is 12.6 Å². The van der Waals surface area contributed by atoms with Gasteiger partial charge in [-0.15, -0.1) is 0 Å². The molecule has 2 aromatic rings. The minimum atomic E-state index is -0.304. The Bertz CT molecular complexity index is 675. The molecule has 0 amide bonds. The van der Waals surface area contributed by atoms with E-state index in [9.17, 15) is 4.79 Å². The molecule has 0 N–H and O–H groups in total. The van der Waals surface area contributed by atoms with Gasteiger partial charge in [0.1, 0.15) is 11.5 Å². The number of rotatable bonds is 5. The van der Waals surface area contributed by atoms with Crippen molar-refractivity contribution in [2.45, 2.75) is 13.8 Å². The standard InChI is InChI=1S/C18H17BrO3/c1-3-21-18(20)13(2)11-14-5-4-6-17(12-14)22-16-9-7-15(19)8-10-16/h4-12H,3H2,1-2H3/b13-11+. The number of benzene rings is 2. The fourth-order valence-electron chi connectivity index (χ4n) is 1.86. The summed E-state index contributed by atoms with van der Waals surface area (Å²) in [6.07, 6.45) is 1.78. The average Bonchev–Trinajstić information content (AvgIpc) is 2.50. The quantitative estimate of drug-likeness (QED) is 0.542. The largest absolute Gasteiger partial charge is 0.463 e. The summed E-state index contributed by atoms with van der Waals surface area (Å²) >= 11 is 3.39. The second kappa shape index (κ2) is 7.80. The number of carbonyl (C=O) groups excluding carboxylic acids is 1. The lowest BCUT2D eigenvalue weighted by Crippen LogP contribution is -2.04. The van der Waals surface area contributed by atoms with Gasteiger partial charge in [0.2, 0.25) is 0 Å². The van der Waals surface area contributed by atoms with Gasteiger partial charge in [-0.3, -0.25) is 0 Å². The molecule has 0 saturated carbocycles. The van der Waals surface area contributed by atoms with Crippen LogP contribution in [0.1, 0.15) is 19.4 Å². The number of halogens is 1. The molecule has 114 valence electrons. The predicted octanol–water partition coefficient (Wildman–Crippen LogP) is 5.21. The maximum atomic E-state index is 11.6. The lowest BCUT2D eigenvalue weighted by atomic mass is 10.1. The molecule has 0 unspecified atom stereocenters. The number of carbonyl (C=O) groups is 1. The summed E-state index contributed by atoms with van der Waals surface area (Å²) in [5.74, 6) is 1.17. The Labute approximate surface area is 138 Å². The molecular weight excluding hydrogens is 344 g/mol. The van der Waals surface area contributed by atoms with Crippen molar-refractivity contribution in [1.82, 2.24) is 0 Å². The normalized spacial score (nSPS) is 11.1. The van der Waals surface area contributed by atoms with Crippen LogP contribution in [0.15, 0.2) is 58.6 Å². The second-order valence-corrected chi connectivity index (χ2v) is 5.59. The molecule has 0 radical (unpaired) electrons. The summed E-state index contributed by atoms with van der Waals surface area (Å²) in [4.78, 5) is 11.6. The zero-order valence-corrected chi connectivity index (χ0v) is 14.1. The van der Waals surface area contributed by atoms with E-state index < -0.39 is 0 Å². The van der Waals surface area contributed by atoms with Crippen LogP contribution in [0.5, 0.6) is 11.5 Å².